The average Bonchev–Trinajstić information content (AvgIpc) is 3.24. The Hall–Kier alpha value is -2.50. The van der Waals surface area contributed by atoms with Gasteiger partial charge in [-0.15, -0.1) is 0 Å². The highest BCUT2D eigenvalue weighted by Gasteiger charge is 2.39. The number of allylic oxidation sites excluding steroid dienone is 1. The Morgan fingerprint density at radius 2 is 2.22 bits per heavy atom. The van der Waals surface area contributed by atoms with Gasteiger partial charge in [0.1, 0.15) is 11.4 Å². The Morgan fingerprint density at radius 3 is 2.78 bits per heavy atom. The van der Waals surface area contributed by atoms with Gasteiger partial charge in [-0.05, 0) is 31.9 Å². The van der Waals surface area contributed by atoms with Gasteiger partial charge in [0.2, 0.25) is 5.76 Å². The number of hydrogen-bond donors (Lipinski definition) is 4. The number of ether oxygens (including phenoxy) is 1. The van der Waals surface area contributed by atoms with Gasteiger partial charge < -0.3 is 25.9 Å². The first-order valence-corrected chi connectivity index (χ1v) is 7.69. The second kappa shape index (κ2) is 7.17. The van der Waals surface area contributed by atoms with Crippen LogP contribution in [0.3, 0.4) is 0 Å². The molecule has 2 rings (SSSR count). The molecule has 0 atom stereocenters. The SMILES string of the molecule is CCN/C(C=N)=C(\OCC1(C)CC1)C(=O)Nc1cccc(O)c1. The van der Waals surface area contributed by atoms with Crippen molar-refractivity contribution in [3.05, 3.63) is 35.7 Å². The zero-order valence-corrected chi connectivity index (χ0v) is 13.5. The zero-order valence-electron chi connectivity index (χ0n) is 13.5. The summed E-state index contributed by atoms with van der Waals surface area (Å²) in [5, 5.41) is 22.6. The fourth-order valence-corrected chi connectivity index (χ4v) is 2.03. The molecular weight excluding hydrogens is 294 g/mol. The maximum absolute atomic E-state index is 12.5. The van der Waals surface area contributed by atoms with E-state index in [2.05, 4.69) is 17.6 Å². The monoisotopic (exact) mass is 317 g/mol. The van der Waals surface area contributed by atoms with Crippen molar-refractivity contribution in [1.82, 2.24) is 5.32 Å². The molecule has 1 aliphatic carbocycles. The van der Waals surface area contributed by atoms with Crippen LogP contribution in [0.25, 0.3) is 0 Å². The lowest BCUT2D eigenvalue weighted by atomic mass is 10.2. The van der Waals surface area contributed by atoms with E-state index in [1.165, 1.54) is 12.1 Å². The molecule has 23 heavy (non-hydrogen) atoms. The third-order valence-electron chi connectivity index (χ3n) is 3.73. The van der Waals surface area contributed by atoms with Gasteiger partial charge in [-0.25, -0.2) is 0 Å². The first kappa shape index (κ1) is 16.9. The lowest BCUT2D eigenvalue weighted by Gasteiger charge is -2.17. The Labute approximate surface area is 136 Å². The van der Waals surface area contributed by atoms with Crippen molar-refractivity contribution in [1.29, 1.82) is 5.41 Å². The highest BCUT2D eigenvalue weighted by molar-refractivity contribution is 6.05. The molecular formula is C17H23N3O3. The number of benzene rings is 1. The van der Waals surface area contributed by atoms with Gasteiger partial charge in [0.05, 0.1) is 6.61 Å². The fraction of sp³-hybridized carbons (Fsp3) is 0.412. The number of carbonyl (C=O) groups is 1. The third kappa shape index (κ3) is 4.74. The molecule has 0 heterocycles. The Balaban J connectivity index is 2.17. The molecule has 0 unspecified atom stereocenters. The minimum absolute atomic E-state index is 0.0682. The van der Waals surface area contributed by atoms with E-state index in [4.69, 9.17) is 10.1 Å². The van der Waals surface area contributed by atoms with E-state index in [9.17, 15) is 9.90 Å². The number of aromatic hydroxyl groups is 1. The van der Waals surface area contributed by atoms with Gasteiger partial charge in [-0.3, -0.25) is 4.79 Å². The van der Waals surface area contributed by atoms with Crippen molar-refractivity contribution in [2.24, 2.45) is 5.41 Å². The molecule has 1 amide bonds. The number of phenolic OH excluding ortho intramolecular Hbond substituents is 1. The van der Waals surface area contributed by atoms with Gasteiger partial charge in [-0.2, -0.15) is 0 Å². The highest BCUT2D eigenvalue weighted by atomic mass is 16.5. The second-order valence-corrected chi connectivity index (χ2v) is 6.02. The normalized spacial score (nSPS) is 16.1. The molecule has 0 radical (unpaired) electrons. The number of carbonyl (C=O) groups excluding carboxylic acids is 1. The smallest absolute Gasteiger partial charge is 0.293 e. The summed E-state index contributed by atoms with van der Waals surface area (Å²) in [6.07, 6.45) is 3.24. The van der Waals surface area contributed by atoms with E-state index in [0.29, 0.717) is 24.5 Å². The minimum atomic E-state index is -0.445. The number of anilines is 1. The van der Waals surface area contributed by atoms with Crippen LogP contribution < -0.4 is 10.6 Å². The predicted octanol–water partition coefficient (Wildman–Crippen LogP) is 2.62. The van der Waals surface area contributed by atoms with E-state index in [-0.39, 0.29) is 16.9 Å². The van der Waals surface area contributed by atoms with Crippen LogP contribution in [0.4, 0.5) is 5.69 Å². The number of phenols is 1. The van der Waals surface area contributed by atoms with E-state index in [1.807, 2.05) is 6.92 Å². The van der Waals surface area contributed by atoms with Crippen LogP contribution in [0, 0.1) is 10.8 Å². The maximum Gasteiger partial charge on any atom is 0.293 e. The molecule has 6 heteroatoms. The summed E-state index contributed by atoms with van der Waals surface area (Å²) in [7, 11) is 0. The minimum Gasteiger partial charge on any atom is -0.508 e. The molecule has 1 aliphatic rings. The topological polar surface area (TPSA) is 94.4 Å². The Bertz CT molecular complexity index is 621. The van der Waals surface area contributed by atoms with Gasteiger partial charge in [0, 0.05) is 29.9 Å². The van der Waals surface area contributed by atoms with Gasteiger partial charge in [0.15, 0.2) is 0 Å². The van der Waals surface area contributed by atoms with Crippen LogP contribution in [0.5, 0.6) is 5.75 Å². The van der Waals surface area contributed by atoms with E-state index < -0.39 is 5.91 Å². The van der Waals surface area contributed by atoms with Crippen LogP contribution in [-0.4, -0.2) is 30.4 Å². The Kier molecular flexibility index (Phi) is 5.26. The van der Waals surface area contributed by atoms with Crippen LogP contribution >= 0.6 is 0 Å². The first-order valence-electron chi connectivity index (χ1n) is 7.69. The van der Waals surface area contributed by atoms with Crippen LogP contribution in [0.1, 0.15) is 26.7 Å². The molecule has 1 fully saturated rings. The van der Waals surface area contributed by atoms with E-state index >= 15 is 0 Å². The van der Waals surface area contributed by atoms with Gasteiger partial charge in [0.25, 0.3) is 5.91 Å². The van der Waals surface area contributed by atoms with Crippen LogP contribution in [0.15, 0.2) is 35.7 Å². The lowest BCUT2D eigenvalue weighted by molar-refractivity contribution is -0.116. The fourth-order valence-electron chi connectivity index (χ4n) is 2.03. The van der Waals surface area contributed by atoms with Crippen LogP contribution in [0.2, 0.25) is 0 Å². The summed E-state index contributed by atoms with van der Waals surface area (Å²) in [4.78, 5) is 12.5. The number of nitrogens with one attached hydrogen (secondary N) is 3. The van der Waals surface area contributed by atoms with Crippen molar-refractivity contribution in [3.8, 4) is 5.75 Å². The molecule has 0 saturated heterocycles. The summed E-state index contributed by atoms with van der Waals surface area (Å²) in [6, 6.07) is 6.30. The van der Waals surface area contributed by atoms with Gasteiger partial charge >= 0.3 is 0 Å². The Morgan fingerprint density at radius 1 is 1.48 bits per heavy atom. The summed E-state index contributed by atoms with van der Waals surface area (Å²) < 4.78 is 5.73. The molecule has 1 aromatic carbocycles. The van der Waals surface area contributed by atoms with Crippen LogP contribution in [-0.2, 0) is 9.53 Å². The standard InChI is InChI=1S/C17H23N3O3/c1-3-19-14(10-18)15(23-11-17(2)7-8-17)16(22)20-12-5-4-6-13(21)9-12/h4-6,9-10,18-19,21H,3,7-8,11H2,1-2H3,(H,20,22)/b15-14-,18-10?. The predicted molar refractivity (Wildman–Crippen MR) is 89.5 cm³/mol. The molecule has 0 aliphatic heterocycles. The summed E-state index contributed by atoms with van der Waals surface area (Å²) in [5.74, 6) is -0.281. The molecule has 6 nitrogen and oxygen atoms in total. The largest absolute Gasteiger partial charge is 0.508 e. The average molecular weight is 317 g/mol. The number of hydrogen-bond acceptors (Lipinski definition) is 5. The molecule has 1 aromatic rings. The van der Waals surface area contributed by atoms with Crippen molar-refractivity contribution >= 4 is 17.8 Å². The zero-order chi connectivity index (χ0) is 16.9. The highest BCUT2D eigenvalue weighted by Crippen LogP contribution is 2.45. The van der Waals surface area contributed by atoms with E-state index in [0.717, 1.165) is 19.1 Å². The number of rotatable bonds is 8. The molecule has 0 aromatic heterocycles. The molecule has 124 valence electrons. The first-order chi connectivity index (χ1) is 11.0. The van der Waals surface area contributed by atoms with Crippen molar-refractivity contribution < 1.29 is 14.6 Å². The molecule has 0 spiro atoms. The number of amides is 1. The summed E-state index contributed by atoms with van der Waals surface area (Å²) in [6.45, 7) is 5.01. The summed E-state index contributed by atoms with van der Waals surface area (Å²) in [5.41, 5.74) is 0.930. The summed E-state index contributed by atoms with van der Waals surface area (Å²) >= 11 is 0. The lowest BCUT2D eigenvalue weighted by Crippen LogP contribution is -2.26. The third-order valence-corrected chi connectivity index (χ3v) is 3.73. The van der Waals surface area contributed by atoms with E-state index in [1.54, 1.807) is 12.1 Å². The van der Waals surface area contributed by atoms with Crippen molar-refractivity contribution in [3.63, 3.8) is 0 Å². The molecule has 1 saturated carbocycles. The second-order valence-electron chi connectivity index (χ2n) is 6.02. The van der Waals surface area contributed by atoms with Crippen molar-refractivity contribution in [2.75, 3.05) is 18.5 Å². The molecule has 4 N–H and O–H groups in total. The van der Waals surface area contributed by atoms with Crippen molar-refractivity contribution in [2.45, 2.75) is 26.7 Å². The maximum atomic E-state index is 12.5. The quantitative estimate of drug-likeness (QED) is 0.337. The molecule has 0 bridgehead atoms. The van der Waals surface area contributed by atoms with Gasteiger partial charge in [-0.1, -0.05) is 13.0 Å².